The van der Waals surface area contributed by atoms with Crippen LogP contribution in [0.1, 0.15) is 28.4 Å². The smallest absolute Gasteiger partial charge is 0.240 e. The number of pyridine rings is 1. The highest BCUT2D eigenvalue weighted by Crippen LogP contribution is 2.25. The lowest BCUT2D eigenvalue weighted by molar-refractivity contribution is -0.122. The van der Waals surface area contributed by atoms with E-state index in [1.165, 1.54) is 12.1 Å². The molecule has 4 rings (SSSR count). The summed E-state index contributed by atoms with van der Waals surface area (Å²) >= 11 is 3.46. The van der Waals surface area contributed by atoms with Crippen LogP contribution in [0.25, 0.3) is 11.0 Å². The van der Waals surface area contributed by atoms with Crippen LogP contribution in [0.15, 0.2) is 59.5 Å². The standard InChI is InChI=1S/C24H21BrF2N4O/c1-14-6-20-22(7-15(14)2)31(13-29-20)12-23(32)30-21(24-19(25)4-3-5-28-24)10-16-8-17(26)11-18(27)9-16/h3-9,11,13,21H,10,12H2,1-2H3,(H,30,32)/t21-/m0/s1. The summed E-state index contributed by atoms with van der Waals surface area (Å²) in [6, 6.07) is 10.3. The Morgan fingerprint density at radius 1 is 1.09 bits per heavy atom. The summed E-state index contributed by atoms with van der Waals surface area (Å²) in [6.45, 7) is 4.08. The van der Waals surface area contributed by atoms with E-state index in [0.29, 0.717) is 15.7 Å². The average molecular weight is 499 g/mol. The van der Waals surface area contributed by atoms with Gasteiger partial charge in [0.1, 0.15) is 18.2 Å². The molecule has 4 aromatic rings. The number of fused-ring (bicyclic) bond motifs is 1. The highest BCUT2D eigenvalue weighted by Gasteiger charge is 2.20. The number of benzene rings is 2. The molecule has 0 saturated heterocycles. The van der Waals surface area contributed by atoms with Gasteiger partial charge in [0, 0.05) is 16.7 Å². The lowest BCUT2D eigenvalue weighted by atomic mass is 10.0. The van der Waals surface area contributed by atoms with Crippen LogP contribution in [0.5, 0.6) is 0 Å². The van der Waals surface area contributed by atoms with E-state index in [9.17, 15) is 13.6 Å². The number of imidazole rings is 1. The molecule has 0 spiro atoms. The topological polar surface area (TPSA) is 59.8 Å². The minimum Gasteiger partial charge on any atom is -0.346 e. The predicted molar refractivity (Wildman–Crippen MR) is 122 cm³/mol. The molecule has 0 aliphatic carbocycles. The minimum atomic E-state index is -0.666. The van der Waals surface area contributed by atoms with Gasteiger partial charge in [-0.2, -0.15) is 0 Å². The molecule has 5 nitrogen and oxygen atoms in total. The van der Waals surface area contributed by atoms with Gasteiger partial charge in [-0.05, 0) is 89.3 Å². The molecule has 2 aromatic heterocycles. The lowest BCUT2D eigenvalue weighted by Crippen LogP contribution is -2.33. The van der Waals surface area contributed by atoms with E-state index >= 15 is 0 Å². The number of carbonyl (C=O) groups is 1. The van der Waals surface area contributed by atoms with E-state index in [-0.39, 0.29) is 18.9 Å². The second-order valence-electron chi connectivity index (χ2n) is 7.77. The Bertz CT molecular complexity index is 1280. The summed E-state index contributed by atoms with van der Waals surface area (Å²) < 4.78 is 29.9. The van der Waals surface area contributed by atoms with Crippen molar-refractivity contribution in [2.45, 2.75) is 32.9 Å². The van der Waals surface area contributed by atoms with E-state index < -0.39 is 17.7 Å². The summed E-state index contributed by atoms with van der Waals surface area (Å²) in [7, 11) is 0. The zero-order chi connectivity index (χ0) is 22.8. The Kier molecular flexibility index (Phi) is 6.32. The SMILES string of the molecule is Cc1cc2ncn(CC(=O)N[C@@H](Cc3cc(F)cc(F)c3)c3ncccc3Br)c2cc1C. The highest BCUT2D eigenvalue weighted by atomic mass is 79.9. The van der Waals surface area contributed by atoms with Crippen LogP contribution >= 0.6 is 15.9 Å². The van der Waals surface area contributed by atoms with Crippen molar-refractivity contribution < 1.29 is 13.6 Å². The maximum absolute atomic E-state index is 13.7. The maximum atomic E-state index is 13.7. The number of nitrogens with one attached hydrogen (secondary N) is 1. The first-order valence-electron chi connectivity index (χ1n) is 10.1. The molecule has 1 N–H and O–H groups in total. The van der Waals surface area contributed by atoms with Gasteiger partial charge in [0.25, 0.3) is 0 Å². The van der Waals surface area contributed by atoms with Gasteiger partial charge in [-0.3, -0.25) is 9.78 Å². The van der Waals surface area contributed by atoms with Crippen LogP contribution < -0.4 is 5.32 Å². The zero-order valence-electron chi connectivity index (χ0n) is 17.6. The number of halogens is 3. The van der Waals surface area contributed by atoms with Crippen molar-refractivity contribution in [3.8, 4) is 0 Å². The third-order valence-corrected chi connectivity index (χ3v) is 6.04. The van der Waals surface area contributed by atoms with E-state index in [4.69, 9.17) is 0 Å². The molecule has 0 fully saturated rings. The summed E-state index contributed by atoms with van der Waals surface area (Å²) in [6.07, 6.45) is 3.43. The van der Waals surface area contributed by atoms with Crippen LogP contribution in [0.4, 0.5) is 8.78 Å². The van der Waals surface area contributed by atoms with Crippen LogP contribution in [0.3, 0.4) is 0 Å². The molecule has 0 saturated carbocycles. The molecule has 0 aliphatic heterocycles. The van der Waals surface area contributed by atoms with Crippen molar-refractivity contribution in [3.63, 3.8) is 0 Å². The molecule has 164 valence electrons. The Balaban J connectivity index is 1.60. The minimum absolute atomic E-state index is 0.0530. The van der Waals surface area contributed by atoms with Gasteiger partial charge in [0.15, 0.2) is 0 Å². The predicted octanol–water partition coefficient (Wildman–Crippen LogP) is 5.19. The Morgan fingerprint density at radius 2 is 1.81 bits per heavy atom. The third kappa shape index (κ3) is 4.85. The lowest BCUT2D eigenvalue weighted by Gasteiger charge is -2.20. The number of aryl methyl sites for hydroxylation is 2. The molecule has 32 heavy (non-hydrogen) atoms. The number of rotatable bonds is 6. The van der Waals surface area contributed by atoms with Crippen molar-refractivity contribution >= 4 is 32.9 Å². The average Bonchev–Trinajstić information content (AvgIpc) is 3.08. The van der Waals surface area contributed by atoms with Crippen LogP contribution in [-0.4, -0.2) is 20.4 Å². The van der Waals surface area contributed by atoms with Crippen molar-refractivity contribution in [2.75, 3.05) is 0 Å². The van der Waals surface area contributed by atoms with E-state index in [0.717, 1.165) is 28.2 Å². The molecule has 0 radical (unpaired) electrons. The van der Waals surface area contributed by atoms with Crippen LogP contribution in [-0.2, 0) is 17.8 Å². The van der Waals surface area contributed by atoms with Crippen LogP contribution in [0.2, 0.25) is 0 Å². The Labute approximate surface area is 192 Å². The van der Waals surface area contributed by atoms with Crippen molar-refractivity contribution in [1.29, 1.82) is 0 Å². The maximum Gasteiger partial charge on any atom is 0.240 e. The molecule has 2 aromatic carbocycles. The summed E-state index contributed by atoms with van der Waals surface area (Å²) in [4.78, 5) is 21.7. The van der Waals surface area contributed by atoms with Crippen molar-refractivity contribution in [2.24, 2.45) is 0 Å². The van der Waals surface area contributed by atoms with Gasteiger partial charge < -0.3 is 9.88 Å². The van der Waals surface area contributed by atoms with Gasteiger partial charge >= 0.3 is 0 Å². The zero-order valence-corrected chi connectivity index (χ0v) is 19.2. The molecule has 0 aliphatic rings. The molecular formula is C24H21BrF2N4O. The fourth-order valence-corrected chi connectivity index (χ4v) is 4.20. The second kappa shape index (κ2) is 9.16. The van der Waals surface area contributed by atoms with Crippen molar-refractivity contribution in [3.05, 3.63) is 93.5 Å². The molecule has 8 heteroatoms. The Morgan fingerprint density at radius 3 is 2.53 bits per heavy atom. The molecule has 0 bridgehead atoms. The number of nitrogens with zero attached hydrogens (tertiary/aromatic N) is 3. The fourth-order valence-electron chi connectivity index (χ4n) is 3.67. The number of amides is 1. The second-order valence-corrected chi connectivity index (χ2v) is 8.62. The number of hydrogen-bond acceptors (Lipinski definition) is 3. The summed E-state index contributed by atoms with van der Waals surface area (Å²) in [5, 5.41) is 2.97. The highest BCUT2D eigenvalue weighted by molar-refractivity contribution is 9.10. The molecule has 1 amide bonds. The van der Waals surface area contributed by atoms with Gasteiger partial charge in [-0.25, -0.2) is 13.8 Å². The van der Waals surface area contributed by atoms with Gasteiger partial charge in [0.2, 0.25) is 5.91 Å². The van der Waals surface area contributed by atoms with E-state index in [1.807, 2.05) is 32.0 Å². The first-order chi connectivity index (χ1) is 15.3. The van der Waals surface area contributed by atoms with Gasteiger partial charge in [-0.1, -0.05) is 0 Å². The van der Waals surface area contributed by atoms with E-state index in [2.05, 4.69) is 31.2 Å². The monoisotopic (exact) mass is 498 g/mol. The first-order valence-corrected chi connectivity index (χ1v) is 10.9. The Hall–Kier alpha value is -3.13. The number of aromatic nitrogens is 3. The van der Waals surface area contributed by atoms with Gasteiger partial charge in [-0.15, -0.1) is 0 Å². The molecule has 2 heterocycles. The quantitative estimate of drug-likeness (QED) is 0.398. The van der Waals surface area contributed by atoms with Gasteiger partial charge in [0.05, 0.1) is 29.1 Å². The summed E-state index contributed by atoms with van der Waals surface area (Å²) in [5.74, 6) is -1.59. The fraction of sp³-hybridized carbons (Fsp3) is 0.208. The first kappa shape index (κ1) is 22.1. The van der Waals surface area contributed by atoms with Crippen LogP contribution in [0, 0.1) is 25.5 Å². The van der Waals surface area contributed by atoms with E-state index in [1.54, 1.807) is 23.2 Å². The molecular weight excluding hydrogens is 478 g/mol. The van der Waals surface area contributed by atoms with Crippen molar-refractivity contribution in [1.82, 2.24) is 19.9 Å². The summed E-state index contributed by atoms with van der Waals surface area (Å²) in [5.41, 5.74) is 4.93. The number of hydrogen-bond donors (Lipinski definition) is 1. The molecule has 0 unspecified atom stereocenters. The normalized spacial score (nSPS) is 12.2. The number of carbonyl (C=O) groups excluding carboxylic acids is 1. The molecule has 1 atom stereocenters. The largest absolute Gasteiger partial charge is 0.346 e. The third-order valence-electron chi connectivity index (χ3n) is 5.36.